The summed E-state index contributed by atoms with van der Waals surface area (Å²) in [6, 6.07) is 21.1. The van der Waals surface area contributed by atoms with E-state index >= 15 is 0 Å². The van der Waals surface area contributed by atoms with Crippen LogP contribution < -0.4 is 19.1 Å². The Kier molecular flexibility index (Phi) is 11.6. The number of Topliss-reactive ketones (excluding diaryl/α,β-unsaturated/α-hetero) is 1. The molecular formula is C36H39N3O6S2. The Balaban J connectivity index is 1.55. The highest BCUT2D eigenvalue weighted by Gasteiger charge is 2.48. The van der Waals surface area contributed by atoms with Crippen LogP contribution in [0, 0.1) is 5.92 Å². The lowest BCUT2D eigenvalue weighted by Crippen LogP contribution is -2.29. The van der Waals surface area contributed by atoms with Crippen LogP contribution in [-0.4, -0.2) is 46.8 Å². The fourth-order valence-electron chi connectivity index (χ4n) is 4.99. The Hall–Kier alpha value is -4.35. The third-order valence-electron chi connectivity index (χ3n) is 7.39. The van der Waals surface area contributed by atoms with E-state index in [0.717, 1.165) is 18.4 Å². The van der Waals surface area contributed by atoms with Crippen LogP contribution in [0.4, 0.5) is 5.13 Å². The largest absolute Gasteiger partial charge is 0.507 e. The molecule has 5 rings (SSSR count). The molecule has 1 aliphatic heterocycles. The monoisotopic (exact) mass is 673 g/mol. The lowest BCUT2D eigenvalue weighted by atomic mass is 9.95. The van der Waals surface area contributed by atoms with Crippen LogP contribution in [0.2, 0.25) is 0 Å². The van der Waals surface area contributed by atoms with Crippen LogP contribution in [0.25, 0.3) is 5.76 Å². The van der Waals surface area contributed by atoms with E-state index in [1.807, 2.05) is 44.2 Å². The van der Waals surface area contributed by atoms with Gasteiger partial charge in [-0.05, 0) is 73.2 Å². The van der Waals surface area contributed by atoms with E-state index in [2.05, 4.69) is 24.0 Å². The van der Waals surface area contributed by atoms with Crippen molar-refractivity contribution < 1.29 is 28.9 Å². The number of hydrogen-bond donors (Lipinski definition) is 1. The number of amides is 1. The quantitative estimate of drug-likeness (QED) is 0.0440. The van der Waals surface area contributed by atoms with Gasteiger partial charge in [-0.3, -0.25) is 14.5 Å². The maximum absolute atomic E-state index is 13.8. The molecule has 11 heteroatoms. The second-order valence-electron chi connectivity index (χ2n) is 11.3. The number of nitrogens with zero attached hydrogens (tertiary/aromatic N) is 3. The number of rotatable bonds is 15. The molecule has 3 aromatic carbocycles. The molecule has 0 aliphatic carbocycles. The number of thioether (sulfide) groups is 1. The molecule has 246 valence electrons. The molecule has 0 bridgehead atoms. The smallest absolute Gasteiger partial charge is 0.301 e. The fraction of sp³-hybridized carbons (Fsp3) is 0.333. The second-order valence-corrected chi connectivity index (χ2v) is 13.5. The number of aromatic nitrogens is 2. The van der Waals surface area contributed by atoms with Gasteiger partial charge in [0.15, 0.2) is 15.8 Å². The standard InChI is InChI=1S/C36H39N3O6S2/c1-5-19-44-27-15-12-25(13-16-27)32(40)30-31(26-14-17-28(29(21-26)43-6-2)45-20-18-23(3)4)39(34(42)33(30)41)35-37-38-36(47-35)46-22-24-10-8-7-9-11-24/h7-17,21,23,31,40H,5-6,18-20,22H2,1-4H3. The molecule has 47 heavy (non-hydrogen) atoms. The molecule has 4 aromatic rings. The molecular weight excluding hydrogens is 635 g/mol. The molecule has 9 nitrogen and oxygen atoms in total. The van der Waals surface area contributed by atoms with E-state index in [0.29, 0.717) is 64.2 Å². The second kappa shape index (κ2) is 16.0. The van der Waals surface area contributed by atoms with Gasteiger partial charge in [-0.15, -0.1) is 10.2 Å². The Morgan fingerprint density at radius 3 is 2.40 bits per heavy atom. The number of hydrogen-bond acceptors (Lipinski definition) is 10. The summed E-state index contributed by atoms with van der Waals surface area (Å²) < 4.78 is 18.3. The van der Waals surface area contributed by atoms with E-state index in [1.165, 1.54) is 28.0 Å². The van der Waals surface area contributed by atoms with Crippen molar-refractivity contribution in [2.24, 2.45) is 5.92 Å². The van der Waals surface area contributed by atoms with E-state index in [-0.39, 0.29) is 16.5 Å². The molecule has 0 radical (unpaired) electrons. The molecule has 1 unspecified atom stereocenters. The van der Waals surface area contributed by atoms with Crippen molar-refractivity contribution in [3.8, 4) is 17.2 Å². The van der Waals surface area contributed by atoms with Crippen LogP contribution in [-0.2, 0) is 15.3 Å². The van der Waals surface area contributed by atoms with Gasteiger partial charge in [-0.1, -0.05) is 80.3 Å². The Morgan fingerprint density at radius 2 is 1.70 bits per heavy atom. The highest BCUT2D eigenvalue weighted by molar-refractivity contribution is 8.00. The van der Waals surface area contributed by atoms with Crippen LogP contribution in [0.5, 0.6) is 17.2 Å². The molecule has 1 amide bonds. The van der Waals surface area contributed by atoms with Gasteiger partial charge in [-0.2, -0.15) is 0 Å². The zero-order valence-corrected chi connectivity index (χ0v) is 28.6. The van der Waals surface area contributed by atoms with Gasteiger partial charge in [0.25, 0.3) is 5.78 Å². The maximum Gasteiger partial charge on any atom is 0.301 e. The van der Waals surface area contributed by atoms with Crippen molar-refractivity contribution in [2.45, 2.75) is 56.7 Å². The van der Waals surface area contributed by atoms with E-state index < -0.39 is 17.7 Å². The van der Waals surface area contributed by atoms with E-state index in [9.17, 15) is 14.7 Å². The Bertz CT molecular complexity index is 1710. The van der Waals surface area contributed by atoms with E-state index in [4.69, 9.17) is 14.2 Å². The summed E-state index contributed by atoms with van der Waals surface area (Å²) in [6.45, 7) is 9.61. The normalized spacial score (nSPS) is 15.8. The third kappa shape index (κ3) is 8.15. The van der Waals surface area contributed by atoms with Crippen LogP contribution >= 0.6 is 23.1 Å². The molecule has 1 atom stereocenters. The van der Waals surface area contributed by atoms with Crippen molar-refractivity contribution in [3.05, 3.63) is 95.1 Å². The number of aliphatic hydroxyl groups excluding tert-OH is 1. The predicted octanol–water partition coefficient (Wildman–Crippen LogP) is 8.07. The van der Waals surface area contributed by atoms with Gasteiger partial charge >= 0.3 is 5.91 Å². The van der Waals surface area contributed by atoms with Crippen molar-refractivity contribution in [1.29, 1.82) is 0 Å². The number of benzene rings is 3. The van der Waals surface area contributed by atoms with Gasteiger partial charge in [0.05, 0.1) is 31.4 Å². The molecule has 1 aliphatic rings. The van der Waals surface area contributed by atoms with E-state index in [1.54, 1.807) is 42.5 Å². The molecule has 0 saturated carbocycles. The minimum Gasteiger partial charge on any atom is -0.507 e. The minimum atomic E-state index is -0.991. The minimum absolute atomic E-state index is 0.0539. The lowest BCUT2D eigenvalue weighted by Gasteiger charge is -2.24. The first kappa shape index (κ1) is 34.0. The van der Waals surface area contributed by atoms with Gasteiger partial charge < -0.3 is 19.3 Å². The average molecular weight is 674 g/mol. The summed E-state index contributed by atoms with van der Waals surface area (Å²) >= 11 is 2.72. The first-order chi connectivity index (χ1) is 22.8. The Morgan fingerprint density at radius 1 is 0.936 bits per heavy atom. The third-order valence-corrected chi connectivity index (χ3v) is 9.52. The van der Waals surface area contributed by atoms with Crippen LogP contribution in [0.1, 0.15) is 63.3 Å². The van der Waals surface area contributed by atoms with Crippen molar-refractivity contribution in [1.82, 2.24) is 10.2 Å². The zero-order chi connectivity index (χ0) is 33.3. The summed E-state index contributed by atoms with van der Waals surface area (Å²) in [7, 11) is 0. The number of ketones is 1. The number of aliphatic hydroxyl groups is 1. The predicted molar refractivity (Wildman–Crippen MR) is 185 cm³/mol. The summed E-state index contributed by atoms with van der Waals surface area (Å²) in [6.07, 6.45) is 1.73. The Labute approximate surface area is 283 Å². The summed E-state index contributed by atoms with van der Waals surface area (Å²) in [4.78, 5) is 28.8. The maximum atomic E-state index is 13.8. The van der Waals surface area contributed by atoms with Gasteiger partial charge in [-0.25, -0.2) is 0 Å². The molecule has 1 aromatic heterocycles. The highest BCUT2D eigenvalue weighted by Crippen LogP contribution is 2.46. The molecule has 1 saturated heterocycles. The first-order valence-electron chi connectivity index (χ1n) is 15.7. The molecule has 1 N–H and O–H groups in total. The summed E-state index contributed by atoms with van der Waals surface area (Å²) in [5, 5.41) is 20.5. The number of carbonyl (C=O) groups excluding carboxylic acids is 2. The lowest BCUT2D eigenvalue weighted by molar-refractivity contribution is -0.132. The number of carbonyl (C=O) groups is 2. The molecule has 1 fully saturated rings. The number of anilines is 1. The number of ether oxygens (including phenoxy) is 3. The molecule has 0 spiro atoms. The summed E-state index contributed by atoms with van der Waals surface area (Å²) in [5.41, 5.74) is 2.01. The fourth-order valence-corrected chi connectivity index (χ4v) is 6.82. The van der Waals surface area contributed by atoms with Crippen molar-refractivity contribution in [3.63, 3.8) is 0 Å². The average Bonchev–Trinajstić information content (AvgIpc) is 3.65. The van der Waals surface area contributed by atoms with Gasteiger partial charge in [0.1, 0.15) is 11.5 Å². The zero-order valence-electron chi connectivity index (χ0n) is 27.0. The first-order valence-corrected chi connectivity index (χ1v) is 17.5. The highest BCUT2D eigenvalue weighted by atomic mass is 32.2. The van der Waals surface area contributed by atoms with Crippen LogP contribution in [0.3, 0.4) is 0 Å². The summed E-state index contributed by atoms with van der Waals surface area (Å²) in [5.74, 6) is 0.915. The van der Waals surface area contributed by atoms with Gasteiger partial charge in [0.2, 0.25) is 5.13 Å². The van der Waals surface area contributed by atoms with Gasteiger partial charge in [0, 0.05) is 11.3 Å². The SMILES string of the molecule is CCCOc1ccc(C(O)=C2C(=O)C(=O)N(c3nnc(SCc4ccccc4)s3)C2c2ccc(OCCC(C)C)c(OCC)c2)cc1. The van der Waals surface area contributed by atoms with Crippen LogP contribution in [0.15, 0.2) is 82.7 Å². The van der Waals surface area contributed by atoms with Crippen molar-refractivity contribution in [2.75, 3.05) is 24.7 Å². The molecule has 2 heterocycles. The topological polar surface area (TPSA) is 111 Å². The van der Waals surface area contributed by atoms with Crippen molar-refractivity contribution >= 4 is 45.7 Å².